The molecule has 1 rings (SSSR count). The van der Waals surface area contributed by atoms with Gasteiger partial charge in [-0.05, 0) is 30.5 Å². The third kappa shape index (κ3) is 2.33. The summed E-state index contributed by atoms with van der Waals surface area (Å²) in [6.07, 6.45) is 2.57. The molecule has 0 aromatic heterocycles. The minimum Gasteiger partial charge on any atom is -0.398 e. The van der Waals surface area contributed by atoms with Crippen LogP contribution in [0.15, 0.2) is 30.9 Å². The highest BCUT2D eigenvalue weighted by Crippen LogP contribution is 2.22. The van der Waals surface area contributed by atoms with Gasteiger partial charge in [0.15, 0.2) is 0 Å². The molecule has 0 amide bonds. The predicted octanol–water partition coefficient (Wildman–Crippen LogP) is 2.15. The van der Waals surface area contributed by atoms with Crippen LogP contribution in [0.25, 0.3) is 0 Å². The lowest BCUT2D eigenvalue weighted by Gasteiger charge is -2.12. The highest BCUT2D eigenvalue weighted by Gasteiger charge is 2.06. The molecule has 0 saturated carbocycles. The third-order valence-electron chi connectivity index (χ3n) is 2.06. The first-order valence-electron chi connectivity index (χ1n) is 4.37. The van der Waals surface area contributed by atoms with E-state index < -0.39 is 0 Å². The van der Waals surface area contributed by atoms with E-state index in [1.807, 2.05) is 31.2 Å². The number of hydrogen-bond acceptors (Lipinski definition) is 2. The van der Waals surface area contributed by atoms with E-state index in [2.05, 4.69) is 6.58 Å². The number of nitrogens with two attached hydrogens (primary N) is 2. The first-order valence-corrected chi connectivity index (χ1v) is 4.37. The van der Waals surface area contributed by atoms with Crippen molar-refractivity contribution in [1.82, 2.24) is 0 Å². The van der Waals surface area contributed by atoms with E-state index in [0.29, 0.717) is 0 Å². The summed E-state index contributed by atoms with van der Waals surface area (Å²) in [7, 11) is 0. The van der Waals surface area contributed by atoms with E-state index >= 15 is 0 Å². The van der Waals surface area contributed by atoms with Gasteiger partial charge in [-0.3, -0.25) is 0 Å². The number of anilines is 1. The van der Waals surface area contributed by atoms with Crippen LogP contribution in [-0.2, 0) is 0 Å². The van der Waals surface area contributed by atoms with E-state index in [9.17, 15) is 0 Å². The zero-order valence-electron chi connectivity index (χ0n) is 7.96. The van der Waals surface area contributed by atoms with Gasteiger partial charge in [-0.15, -0.1) is 6.58 Å². The molecule has 4 N–H and O–H groups in total. The molecular formula is C11H16N2. The Morgan fingerprint density at radius 3 is 2.77 bits per heavy atom. The van der Waals surface area contributed by atoms with Crippen molar-refractivity contribution in [3.8, 4) is 0 Å². The Morgan fingerprint density at radius 1 is 1.54 bits per heavy atom. The largest absolute Gasteiger partial charge is 0.398 e. The summed E-state index contributed by atoms with van der Waals surface area (Å²) in [6, 6.07) is 5.92. The van der Waals surface area contributed by atoms with Crippen molar-refractivity contribution in [2.75, 3.05) is 5.73 Å². The number of hydrogen-bond donors (Lipinski definition) is 2. The highest BCUT2D eigenvalue weighted by atomic mass is 14.7. The maximum Gasteiger partial charge on any atom is 0.0365 e. The average Bonchev–Trinajstić information content (AvgIpc) is 2.04. The molecule has 1 aromatic rings. The molecule has 2 heteroatoms. The molecule has 0 fully saturated rings. The normalized spacial score (nSPS) is 12.5. The summed E-state index contributed by atoms with van der Waals surface area (Å²) in [5.41, 5.74) is 14.7. The fourth-order valence-corrected chi connectivity index (χ4v) is 1.34. The molecule has 0 aliphatic heterocycles. The average molecular weight is 176 g/mol. The van der Waals surface area contributed by atoms with Crippen molar-refractivity contribution in [3.05, 3.63) is 42.0 Å². The van der Waals surface area contributed by atoms with E-state index in [4.69, 9.17) is 11.5 Å². The van der Waals surface area contributed by atoms with Crippen LogP contribution in [0.5, 0.6) is 0 Å². The Morgan fingerprint density at radius 2 is 2.23 bits per heavy atom. The number of benzene rings is 1. The molecule has 0 aliphatic rings. The summed E-state index contributed by atoms with van der Waals surface area (Å²) in [6.45, 7) is 5.67. The predicted molar refractivity (Wildman–Crippen MR) is 57.3 cm³/mol. The van der Waals surface area contributed by atoms with Crippen molar-refractivity contribution in [1.29, 1.82) is 0 Å². The third-order valence-corrected chi connectivity index (χ3v) is 2.06. The lowest BCUT2D eigenvalue weighted by Crippen LogP contribution is -2.11. The summed E-state index contributed by atoms with van der Waals surface area (Å²) in [5.74, 6) is 0. The Hall–Kier alpha value is -1.28. The smallest absolute Gasteiger partial charge is 0.0365 e. The van der Waals surface area contributed by atoms with Crippen LogP contribution in [0, 0.1) is 6.92 Å². The molecule has 0 saturated heterocycles. The Balaban J connectivity index is 2.94. The van der Waals surface area contributed by atoms with E-state index in [1.165, 1.54) is 0 Å². The van der Waals surface area contributed by atoms with E-state index in [-0.39, 0.29) is 6.04 Å². The van der Waals surface area contributed by atoms with Crippen molar-refractivity contribution in [2.24, 2.45) is 5.73 Å². The Bertz CT molecular complexity index is 305. The van der Waals surface area contributed by atoms with Gasteiger partial charge >= 0.3 is 0 Å². The van der Waals surface area contributed by atoms with Crippen molar-refractivity contribution >= 4 is 5.69 Å². The van der Waals surface area contributed by atoms with Crippen LogP contribution in [0.1, 0.15) is 23.6 Å². The lowest BCUT2D eigenvalue weighted by molar-refractivity contribution is 0.744. The number of rotatable bonds is 3. The fourth-order valence-electron chi connectivity index (χ4n) is 1.34. The van der Waals surface area contributed by atoms with Crippen LogP contribution in [0.4, 0.5) is 5.69 Å². The van der Waals surface area contributed by atoms with Gasteiger partial charge in [0.25, 0.3) is 0 Å². The van der Waals surface area contributed by atoms with Crippen LogP contribution in [-0.4, -0.2) is 0 Å². The second kappa shape index (κ2) is 4.10. The zero-order valence-corrected chi connectivity index (χ0v) is 7.96. The van der Waals surface area contributed by atoms with Crippen LogP contribution in [0.2, 0.25) is 0 Å². The van der Waals surface area contributed by atoms with Gasteiger partial charge in [0.2, 0.25) is 0 Å². The minimum absolute atomic E-state index is 0.0295. The van der Waals surface area contributed by atoms with Gasteiger partial charge in [0.1, 0.15) is 0 Å². The highest BCUT2D eigenvalue weighted by molar-refractivity contribution is 5.50. The summed E-state index contributed by atoms with van der Waals surface area (Å²) in [5, 5.41) is 0. The van der Waals surface area contributed by atoms with Gasteiger partial charge < -0.3 is 11.5 Å². The molecular weight excluding hydrogens is 160 g/mol. The second-order valence-electron chi connectivity index (χ2n) is 3.26. The molecule has 2 nitrogen and oxygen atoms in total. The Kier molecular flexibility index (Phi) is 3.09. The SMILES string of the molecule is C=CCC(N)c1ccc(C)cc1N. The van der Waals surface area contributed by atoms with Crippen LogP contribution >= 0.6 is 0 Å². The van der Waals surface area contributed by atoms with Crippen molar-refractivity contribution in [2.45, 2.75) is 19.4 Å². The maximum absolute atomic E-state index is 5.91. The lowest BCUT2D eigenvalue weighted by atomic mass is 10.0. The molecule has 0 aliphatic carbocycles. The van der Waals surface area contributed by atoms with E-state index in [1.54, 1.807) is 0 Å². The van der Waals surface area contributed by atoms with Gasteiger partial charge in [-0.25, -0.2) is 0 Å². The monoisotopic (exact) mass is 176 g/mol. The minimum atomic E-state index is -0.0295. The van der Waals surface area contributed by atoms with Crippen molar-refractivity contribution < 1.29 is 0 Å². The second-order valence-corrected chi connectivity index (χ2v) is 3.26. The van der Waals surface area contributed by atoms with E-state index in [0.717, 1.165) is 23.2 Å². The summed E-state index contributed by atoms with van der Waals surface area (Å²) < 4.78 is 0. The van der Waals surface area contributed by atoms with Crippen LogP contribution < -0.4 is 11.5 Å². The molecule has 13 heavy (non-hydrogen) atoms. The molecule has 0 spiro atoms. The first kappa shape index (κ1) is 9.81. The zero-order chi connectivity index (χ0) is 9.84. The maximum atomic E-state index is 5.91. The van der Waals surface area contributed by atoms with Gasteiger partial charge in [-0.2, -0.15) is 0 Å². The molecule has 1 atom stereocenters. The Labute approximate surface area is 79.2 Å². The molecule has 0 radical (unpaired) electrons. The summed E-state index contributed by atoms with van der Waals surface area (Å²) >= 11 is 0. The van der Waals surface area contributed by atoms with Gasteiger partial charge in [0.05, 0.1) is 0 Å². The molecule has 70 valence electrons. The molecule has 0 heterocycles. The molecule has 0 bridgehead atoms. The number of nitrogen functional groups attached to an aromatic ring is 1. The van der Waals surface area contributed by atoms with Crippen molar-refractivity contribution in [3.63, 3.8) is 0 Å². The standard InChI is InChI=1S/C11H16N2/c1-3-4-10(12)9-6-5-8(2)7-11(9)13/h3,5-7,10H,1,4,12-13H2,2H3. The van der Waals surface area contributed by atoms with Gasteiger partial charge in [0, 0.05) is 11.7 Å². The molecule has 1 aromatic carbocycles. The summed E-state index contributed by atoms with van der Waals surface area (Å²) in [4.78, 5) is 0. The number of aryl methyl sites for hydroxylation is 1. The first-order chi connectivity index (χ1) is 6.15. The topological polar surface area (TPSA) is 52.0 Å². The molecule has 1 unspecified atom stereocenters. The quantitative estimate of drug-likeness (QED) is 0.547. The van der Waals surface area contributed by atoms with Crippen LogP contribution in [0.3, 0.4) is 0 Å². The van der Waals surface area contributed by atoms with Gasteiger partial charge in [-0.1, -0.05) is 18.2 Å². The fraction of sp³-hybridized carbons (Fsp3) is 0.273.